The van der Waals surface area contributed by atoms with E-state index in [1.165, 1.54) is 0 Å². The fourth-order valence-corrected chi connectivity index (χ4v) is 3.00. The van der Waals surface area contributed by atoms with Crippen molar-refractivity contribution in [2.24, 2.45) is 5.41 Å². The van der Waals surface area contributed by atoms with Crippen molar-refractivity contribution in [2.45, 2.75) is 71.8 Å². The van der Waals surface area contributed by atoms with E-state index in [1.54, 1.807) is 0 Å². The van der Waals surface area contributed by atoms with E-state index in [-0.39, 0.29) is 10.8 Å². The molecular weight excluding hydrogens is 270 g/mol. The predicted molar refractivity (Wildman–Crippen MR) is 87.3 cm³/mol. The van der Waals surface area contributed by atoms with Gasteiger partial charge in [0.25, 0.3) is 0 Å². The molecule has 0 saturated carbocycles. The molecule has 0 fully saturated rings. The minimum absolute atomic E-state index is 0.177. The Hall–Kier alpha value is -0.540. The van der Waals surface area contributed by atoms with Crippen LogP contribution >= 0.6 is 11.6 Å². The van der Waals surface area contributed by atoms with Gasteiger partial charge in [0.1, 0.15) is 0 Å². The Labute approximate surface area is 129 Å². The first-order valence-corrected chi connectivity index (χ1v) is 8.18. The van der Waals surface area contributed by atoms with Gasteiger partial charge in [-0.2, -0.15) is 5.10 Å². The Morgan fingerprint density at radius 2 is 1.95 bits per heavy atom. The Bertz CT molecular complexity index is 377. The number of nitrogens with one attached hydrogen (secondary N) is 1. The van der Waals surface area contributed by atoms with Crippen molar-refractivity contribution in [1.29, 1.82) is 0 Å². The number of alkyl halides is 1. The summed E-state index contributed by atoms with van der Waals surface area (Å²) in [6.07, 6.45) is 5.35. The third-order valence-corrected chi connectivity index (χ3v) is 3.79. The van der Waals surface area contributed by atoms with E-state index in [0.717, 1.165) is 38.0 Å². The summed E-state index contributed by atoms with van der Waals surface area (Å²) in [5.74, 6) is 0. The summed E-state index contributed by atoms with van der Waals surface area (Å²) < 4.78 is 2.09. The summed E-state index contributed by atoms with van der Waals surface area (Å²) in [6.45, 7) is 12.7. The van der Waals surface area contributed by atoms with Crippen LogP contribution in [0.15, 0.2) is 12.3 Å². The molecule has 0 spiro atoms. The molecule has 0 amide bonds. The molecule has 1 aromatic rings. The SMILES string of the molecule is CCC(CC)n1ccc(CNCC(Cl)CC(C)(C)C)n1. The molecular formula is C16H30ClN3. The van der Waals surface area contributed by atoms with Gasteiger partial charge in [-0.05, 0) is 30.7 Å². The molecule has 1 unspecified atom stereocenters. The highest BCUT2D eigenvalue weighted by Crippen LogP contribution is 2.23. The van der Waals surface area contributed by atoms with Gasteiger partial charge in [-0.1, -0.05) is 34.6 Å². The van der Waals surface area contributed by atoms with Gasteiger partial charge in [0.15, 0.2) is 0 Å². The highest BCUT2D eigenvalue weighted by Gasteiger charge is 2.16. The monoisotopic (exact) mass is 299 g/mol. The van der Waals surface area contributed by atoms with E-state index < -0.39 is 0 Å². The molecule has 1 N–H and O–H groups in total. The van der Waals surface area contributed by atoms with Crippen molar-refractivity contribution in [3.8, 4) is 0 Å². The molecule has 0 aliphatic rings. The molecule has 1 atom stereocenters. The molecule has 3 nitrogen and oxygen atoms in total. The summed E-state index contributed by atoms with van der Waals surface area (Å²) in [7, 11) is 0. The van der Waals surface area contributed by atoms with E-state index in [4.69, 9.17) is 11.6 Å². The topological polar surface area (TPSA) is 29.9 Å². The molecule has 0 bridgehead atoms. The molecule has 0 aliphatic carbocycles. The van der Waals surface area contributed by atoms with Crippen LogP contribution in [0.3, 0.4) is 0 Å². The highest BCUT2D eigenvalue weighted by molar-refractivity contribution is 6.20. The van der Waals surface area contributed by atoms with Crippen LogP contribution in [-0.2, 0) is 6.54 Å². The lowest BCUT2D eigenvalue weighted by Gasteiger charge is -2.21. The van der Waals surface area contributed by atoms with Crippen molar-refractivity contribution in [3.05, 3.63) is 18.0 Å². The number of halogens is 1. The summed E-state index contributed by atoms with van der Waals surface area (Å²) in [5, 5.41) is 8.22. The summed E-state index contributed by atoms with van der Waals surface area (Å²) >= 11 is 6.34. The summed E-state index contributed by atoms with van der Waals surface area (Å²) in [6, 6.07) is 2.61. The third kappa shape index (κ3) is 6.27. The predicted octanol–water partition coefficient (Wildman–Crippen LogP) is 4.38. The van der Waals surface area contributed by atoms with E-state index in [0.29, 0.717) is 6.04 Å². The van der Waals surface area contributed by atoms with Crippen LogP contribution in [0, 0.1) is 5.41 Å². The Morgan fingerprint density at radius 3 is 2.50 bits per heavy atom. The van der Waals surface area contributed by atoms with Gasteiger partial charge >= 0.3 is 0 Å². The van der Waals surface area contributed by atoms with E-state index in [1.807, 2.05) is 0 Å². The maximum Gasteiger partial charge on any atom is 0.0762 e. The average Bonchev–Trinajstić information content (AvgIpc) is 2.77. The lowest BCUT2D eigenvalue weighted by Crippen LogP contribution is -2.26. The largest absolute Gasteiger partial charge is 0.310 e. The maximum atomic E-state index is 6.34. The van der Waals surface area contributed by atoms with Crippen molar-refractivity contribution in [2.75, 3.05) is 6.54 Å². The zero-order valence-electron chi connectivity index (χ0n) is 13.6. The maximum absolute atomic E-state index is 6.34. The first-order valence-electron chi connectivity index (χ1n) is 7.74. The standard InChI is InChI=1S/C16H30ClN3/c1-6-15(7-2)20-9-8-14(19-20)12-18-11-13(17)10-16(3,4)5/h8-9,13,15,18H,6-7,10-12H2,1-5H3. The number of hydrogen-bond donors (Lipinski definition) is 1. The zero-order chi connectivity index (χ0) is 15.2. The molecule has 1 aromatic heterocycles. The Balaban J connectivity index is 2.36. The van der Waals surface area contributed by atoms with Crippen LogP contribution in [0.2, 0.25) is 0 Å². The fourth-order valence-electron chi connectivity index (χ4n) is 2.43. The van der Waals surface area contributed by atoms with Crippen LogP contribution in [0.1, 0.15) is 65.6 Å². The molecule has 0 aliphatic heterocycles. The molecule has 116 valence electrons. The minimum atomic E-state index is 0.177. The van der Waals surface area contributed by atoms with Crippen LogP contribution in [0.4, 0.5) is 0 Å². The van der Waals surface area contributed by atoms with Gasteiger partial charge < -0.3 is 5.32 Å². The number of hydrogen-bond acceptors (Lipinski definition) is 2. The lowest BCUT2D eigenvalue weighted by atomic mass is 9.90. The quantitative estimate of drug-likeness (QED) is 0.722. The van der Waals surface area contributed by atoms with Crippen molar-refractivity contribution in [3.63, 3.8) is 0 Å². The molecule has 0 radical (unpaired) electrons. The van der Waals surface area contributed by atoms with Crippen LogP contribution in [-0.4, -0.2) is 21.7 Å². The van der Waals surface area contributed by atoms with E-state index >= 15 is 0 Å². The van der Waals surface area contributed by atoms with Crippen molar-refractivity contribution >= 4 is 11.6 Å². The fraction of sp³-hybridized carbons (Fsp3) is 0.812. The Morgan fingerprint density at radius 1 is 1.30 bits per heavy atom. The van der Waals surface area contributed by atoms with Crippen LogP contribution in [0.5, 0.6) is 0 Å². The van der Waals surface area contributed by atoms with Gasteiger partial charge in [-0.15, -0.1) is 11.6 Å². The summed E-state index contributed by atoms with van der Waals surface area (Å²) in [5.41, 5.74) is 1.38. The van der Waals surface area contributed by atoms with E-state index in [9.17, 15) is 0 Å². The minimum Gasteiger partial charge on any atom is -0.310 e. The molecule has 4 heteroatoms. The lowest BCUT2D eigenvalue weighted by molar-refractivity contribution is 0.364. The van der Waals surface area contributed by atoms with Crippen molar-refractivity contribution < 1.29 is 0 Å². The number of nitrogens with zero attached hydrogens (tertiary/aromatic N) is 2. The van der Waals surface area contributed by atoms with Gasteiger partial charge in [0.05, 0.1) is 11.7 Å². The summed E-state index contributed by atoms with van der Waals surface area (Å²) in [4.78, 5) is 0. The number of aromatic nitrogens is 2. The number of rotatable bonds is 8. The molecule has 0 saturated heterocycles. The highest BCUT2D eigenvalue weighted by atomic mass is 35.5. The molecule has 1 rings (SSSR count). The zero-order valence-corrected chi connectivity index (χ0v) is 14.4. The molecule has 0 aromatic carbocycles. The smallest absolute Gasteiger partial charge is 0.0762 e. The van der Waals surface area contributed by atoms with Gasteiger partial charge in [0, 0.05) is 24.7 Å². The molecule has 1 heterocycles. The second-order valence-electron chi connectivity index (χ2n) is 6.75. The first-order chi connectivity index (χ1) is 9.35. The Kier molecular flexibility index (Phi) is 7.04. The first kappa shape index (κ1) is 17.5. The van der Waals surface area contributed by atoms with E-state index in [2.05, 4.69) is 62.0 Å². The van der Waals surface area contributed by atoms with Gasteiger partial charge in [0.2, 0.25) is 0 Å². The van der Waals surface area contributed by atoms with Crippen LogP contribution < -0.4 is 5.32 Å². The van der Waals surface area contributed by atoms with Crippen LogP contribution in [0.25, 0.3) is 0 Å². The van der Waals surface area contributed by atoms with Crippen molar-refractivity contribution in [1.82, 2.24) is 15.1 Å². The third-order valence-electron chi connectivity index (χ3n) is 3.49. The molecule has 20 heavy (non-hydrogen) atoms. The van der Waals surface area contributed by atoms with Gasteiger partial charge in [-0.25, -0.2) is 0 Å². The second-order valence-corrected chi connectivity index (χ2v) is 7.37. The average molecular weight is 300 g/mol. The second kappa shape index (κ2) is 8.04. The van der Waals surface area contributed by atoms with Gasteiger partial charge in [-0.3, -0.25) is 4.68 Å². The normalized spacial score (nSPS) is 13.9.